The molecular weight excluding hydrogens is 140 g/mol. The van der Waals surface area contributed by atoms with Gasteiger partial charge in [-0.3, -0.25) is 0 Å². The molecule has 0 N–H and O–H groups in total. The number of rotatable bonds is 1. The zero-order valence-electron chi connectivity index (χ0n) is 6.71. The first-order chi connectivity index (χ1) is 5.40. The Hall–Kier alpha value is -0.860. The number of fused-ring (bicyclic) bond motifs is 1. The van der Waals surface area contributed by atoms with Gasteiger partial charge in [-0.15, -0.1) is 0 Å². The van der Waals surface area contributed by atoms with Crippen LogP contribution in [-0.2, 0) is 12.8 Å². The molecule has 0 radical (unpaired) electrons. The zero-order valence-corrected chi connectivity index (χ0v) is 6.71. The second-order valence-electron chi connectivity index (χ2n) is 3.17. The number of hydrogen-bond donors (Lipinski definition) is 0. The van der Waals surface area contributed by atoms with Crippen molar-refractivity contribution in [3.63, 3.8) is 0 Å². The molecule has 1 aliphatic rings. The summed E-state index contributed by atoms with van der Waals surface area (Å²) in [7, 11) is 0. The van der Waals surface area contributed by atoms with Crippen LogP contribution in [0.2, 0.25) is 0 Å². The minimum Gasteiger partial charge on any atom is -0.244 e. The number of aryl methyl sites for hydroxylation is 1. The molecule has 1 heterocycles. The third kappa shape index (κ3) is 1.15. The van der Waals surface area contributed by atoms with E-state index in [1.54, 1.807) is 0 Å². The molecule has 3 heteroatoms. The van der Waals surface area contributed by atoms with Crippen molar-refractivity contribution < 1.29 is 4.63 Å². The fraction of sp³-hybridized carbons (Fsp3) is 0.750. The molecule has 1 aromatic rings. The van der Waals surface area contributed by atoms with Crippen molar-refractivity contribution >= 4 is 0 Å². The van der Waals surface area contributed by atoms with E-state index in [2.05, 4.69) is 21.9 Å². The normalized spacial score (nSPS) is 23.2. The van der Waals surface area contributed by atoms with Crippen LogP contribution in [-0.4, -0.2) is 10.3 Å². The Morgan fingerprint density at radius 2 is 2.27 bits per heavy atom. The summed E-state index contributed by atoms with van der Waals surface area (Å²) < 4.78 is 4.66. The Balaban J connectivity index is 2.18. The average molecular weight is 152 g/mol. The summed E-state index contributed by atoms with van der Waals surface area (Å²) in [6, 6.07) is 0. The van der Waals surface area contributed by atoms with Gasteiger partial charge in [0.25, 0.3) is 0 Å². The first-order valence-corrected chi connectivity index (χ1v) is 4.20. The van der Waals surface area contributed by atoms with Crippen LogP contribution in [0.15, 0.2) is 4.63 Å². The summed E-state index contributed by atoms with van der Waals surface area (Å²) >= 11 is 0. The standard InChI is InChI=1S/C8H12N2O/c1-2-6-3-4-7-8(5-6)10-11-9-7/h6H,2-5H2,1H3. The van der Waals surface area contributed by atoms with Gasteiger partial charge in [0.05, 0.1) is 0 Å². The number of aromatic nitrogens is 2. The largest absolute Gasteiger partial charge is 0.244 e. The van der Waals surface area contributed by atoms with E-state index in [0.717, 1.165) is 30.1 Å². The molecule has 0 aromatic carbocycles. The molecule has 0 amide bonds. The van der Waals surface area contributed by atoms with Gasteiger partial charge in [-0.2, -0.15) is 0 Å². The van der Waals surface area contributed by atoms with E-state index in [-0.39, 0.29) is 0 Å². The van der Waals surface area contributed by atoms with E-state index in [1.807, 2.05) is 0 Å². The minimum absolute atomic E-state index is 0.800. The van der Waals surface area contributed by atoms with Crippen LogP contribution in [0.4, 0.5) is 0 Å². The molecule has 60 valence electrons. The lowest BCUT2D eigenvalue weighted by atomic mass is 9.88. The van der Waals surface area contributed by atoms with Crippen molar-refractivity contribution in [2.75, 3.05) is 0 Å². The fourth-order valence-electron chi connectivity index (χ4n) is 1.63. The molecule has 1 atom stereocenters. The smallest absolute Gasteiger partial charge is 0.108 e. The molecule has 0 fully saturated rings. The first kappa shape index (κ1) is 6.83. The molecule has 1 unspecified atom stereocenters. The molecule has 0 bridgehead atoms. The van der Waals surface area contributed by atoms with Crippen molar-refractivity contribution in [1.82, 2.24) is 10.3 Å². The van der Waals surface area contributed by atoms with Crippen LogP contribution < -0.4 is 0 Å². The molecular formula is C8H12N2O. The Morgan fingerprint density at radius 1 is 1.45 bits per heavy atom. The second kappa shape index (κ2) is 2.64. The molecule has 11 heavy (non-hydrogen) atoms. The summed E-state index contributed by atoms with van der Waals surface area (Å²) in [6.45, 7) is 2.23. The highest BCUT2D eigenvalue weighted by Gasteiger charge is 2.21. The van der Waals surface area contributed by atoms with Crippen LogP contribution >= 0.6 is 0 Å². The molecule has 0 aliphatic heterocycles. The SMILES string of the molecule is CCC1CCc2nonc2C1. The molecule has 1 aromatic heterocycles. The van der Waals surface area contributed by atoms with Gasteiger partial charge in [-0.25, -0.2) is 4.63 Å². The Morgan fingerprint density at radius 3 is 3.09 bits per heavy atom. The van der Waals surface area contributed by atoms with Crippen molar-refractivity contribution in [3.05, 3.63) is 11.4 Å². The monoisotopic (exact) mass is 152 g/mol. The second-order valence-corrected chi connectivity index (χ2v) is 3.17. The van der Waals surface area contributed by atoms with E-state index < -0.39 is 0 Å². The maximum Gasteiger partial charge on any atom is 0.108 e. The summed E-state index contributed by atoms with van der Waals surface area (Å²) in [6.07, 6.45) is 4.61. The van der Waals surface area contributed by atoms with Gasteiger partial charge >= 0.3 is 0 Å². The lowest BCUT2D eigenvalue weighted by molar-refractivity contribution is 0.301. The zero-order chi connectivity index (χ0) is 7.68. The lowest BCUT2D eigenvalue weighted by Gasteiger charge is -2.16. The van der Waals surface area contributed by atoms with E-state index >= 15 is 0 Å². The molecule has 3 nitrogen and oxygen atoms in total. The van der Waals surface area contributed by atoms with E-state index in [1.165, 1.54) is 12.8 Å². The van der Waals surface area contributed by atoms with Gasteiger partial charge in [0, 0.05) is 0 Å². The summed E-state index contributed by atoms with van der Waals surface area (Å²) in [5.41, 5.74) is 2.16. The van der Waals surface area contributed by atoms with Gasteiger partial charge in [0.2, 0.25) is 0 Å². The Bertz CT molecular complexity index is 244. The third-order valence-corrected chi connectivity index (χ3v) is 2.48. The molecule has 1 aliphatic carbocycles. The summed E-state index contributed by atoms with van der Waals surface area (Å²) in [5.74, 6) is 0.800. The van der Waals surface area contributed by atoms with E-state index in [9.17, 15) is 0 Å². The maximum atomic E-state index is 4.66. The maximum absolute atomic E-state index is 4.66. The lowest BCUT2D eigenvalue weighted by Crippen LogP contribution is -2.12. The summed E-state index contributed by atoms with van der Waals surface area (Å²) in [4.78, 5) is 0. The van der Waals surface area contributed by atoms with Crippen molar-refractivity contribution in [2.24, 2.45) is 5.92 Å². The molecule has 0 saturated heterocycles. The van der Waals surface area contributed by atoms with E-state index in [4.69, 9.17) is 0 Å². The van der Waals surface area contributed by atoms with Gasteiger partial charge in [0.15, 0.2) is 0 Å². The highest BCUT2D eigenvalue weighted by atomic mass is 16.6. The Kier molecular flexibility index (Phi) is 1.64. The quantitative estimate of drug-likeness (QED) is 0.613. The predicted octanol–water partition coefficient (Wildman–Crippen LogP) is 1.58. The van der Waals surface area contributed by atoms with Crippen molar-refractivity contribution in [3.8, 4) is 0 Å². The minimum atomic E-state index is 0.800. The van der Waals surface area contributed by atoms with Crippen molar-refractivity contribution in [2.45, 2.75) is 32.6 Å². The van der Waals surface area contributed by atoms with Crippen LogP contribution in [0, 0.1) is 5.92 Å². The van der Waals surface area contributed by atoms with Gasteiger partial charge in [-0.05, 0) is 25.2 Å². The van der Waals surface area contributed by atoms with Crippen molar-refractivity contribution in [1.29, 1.82) is 0 Å². The van der Waals surface area contributed by atoms with Gasteiger partial charge in [0.1, 0.15) is 11.4 Å². The molecule has 0 saturated carbocycles. The topological polar surface area (TPSA) is 38.9 Å². The fourth-order valence-corrected chi connectivity index (χ4v) is 1.63. The molecule has 2 rings (SSSR count). The first-order valence-electron chi connectivity index (χ1n) is 4.20. The number of nitrogens with zero attached hydrogens (tertiary/aromatic N) is 2. The van der Waals surface area contributed by atoms with Crippen LogP contribution in [0.3, 0.4) is 0 Å². The summed E-state index contributed by atoms with van der Waals surface area (Å²) in [5, 5.41) is 7.71. The van der Waals surface area contributed by atoms with E-state index in [0.29, 0.717) is 0 Å². The van der Waals surface area contributed by atoms with Crippen LogP contribution in [0.5, 0.6) is 0 Å². The highest BCUT2D eigenvalue weighted by Crippen LogP contribution is 2.24. The third-order valence-electron chi connectivity index (χ3n) is 2.48. The van der Waals surface area contributed by atoms with Gasteiger partial charge in [-0.1, -0.05) is 23.7 Å². The predicted molar refractivity (Wildman–Crippen MR) is 40.1 cm³/mol. The number of hydrogen-bond acceptors (Lipinski definition) is 3. The van der Waals surface area contributed by atoms with Crippen LogP contribution in [0.25, 0.3) is 0 Å². The van der Waals surface area contributed by atoms with Crippen LogP contribution in [0.1, 0.15) is 31.2 Å². The molecule has 0 spiro atoms. The average Bonchev–Trinajstić information content (AvgIpc) is 2.50. The highest BCUT2D eigenvalue weighted by molar-refractivity contribution is 5.11. The van der Waals surface area contributed by atoms with Gasteiger partial charge < -0.3 is 0 Å². The Labute approximate surface area is 65.8 Å².